The van der Waals surface area contributed by atoms with Gasteiger partial charge in [0.05, 0.1) is 39.3 Å². The Morgan fingerprint density at radius 3 is 2.63 bits per heavy atom. The molecule has 0 spiro atoms. The Morgan fingerprint density at radius 2 is 2.05 bits per heavy atom. The molecule has 2 aliphatic heterocycles. The number of methoxy groups -OCH3 is 1. The van der Waals surface area contributed by atoms with E-state index in [0.717, 1.165) is 52.3 Å². The van der Waals surface area contributed by atoms with E-state index in [4.69, 9.17) is 4.74 Å². The molecule has 19 heavy (non-hydrogen) atoms. The molecule has 2 rings (SSSR count). The summed E-state index contributed by atoms with van der Waals surface area (Å²) >= 11 is 0. The maximum Gasteiger partial charge on any atom is 0.242 e. The monoisotopic (exact) mass is 270 g/mol. The maximum atomic E-state index is 12.1. The number of carbonyl (C=O) groups excluding carboxylic acids is 2. The predicted octanol–water partition coefficient (Wildman–Crippen LogP) is -2.02. The van der Waals surface area contributed by atoms with Crippen LogP contribution in [0.25, 0.3) is 0 Å². The number of piperazine rings is 1. The van der Waals surface area contributed by atoms with Crippen LogP contribution < -0.4 is 4.90 Å². The summed E-state index contributed by atoms with van der Waals surface area (Å²) in [5, 5.41) is 0. The third-order valence-electron chi connectivity index (χ3n) is 3.98. The highest BCUT2D eigenvalue weighted by Crippen LogP contribution is 2.09. The Labute approximate surface area is 114 Å². The Kier molecular flexibility index (Phi) is 5.15. The Hall–Kier alpha value is -1.14. The summed E-state index contributed by atoms with van der Waals surface area (Å²) in [6, 6.07) is 0. The van der Waals surface area contributed by atoms with Crippen LogP contribution in [0.15, 0.2) is 0 Å². The summed E-state index contributed by atoms with van der Waals surface area (Å²) in [6.45, 7) is 6.32. The van der Waals surface area contributed by atoms with E-state index in [0.29, 0.717) is 6.42 Å². The van der Waals surface area contributed by atoms with E-state index in [-0.39, 0.29) is 18.4 Å². The van der Waals surface area contributed by atoms with Crippen molar-refractivity contribution in [1.82, 2.24) is 9.80 Å². The van der Waals surface area contributed by atoms with E-state index in [1.54, 1.807) is 12.0 Å². The molecule has 6 nitrogen and oxygen atoms in total. The summed E-state index contributed by atoms with van der Waals surface area (Å²) < 4.78 is 5.07. The van der Waals surface area contributed by atoms with Gasteiger partial charge >= 0.3 is 0 Å². The molecule has 0 aromatic heterocycles. The molecule has 2 amide bonds. The average molecular weight is 270 g/mol. The molecule has 0 bridgehead atoms. The van der Waals surface area contributed by atoms with Gasteiger partial charge < -0.3 is 19.4 Å². The highest BCUT2D eigenvalue weighted by atomic mass is 16.5. The van der Waals surface area contributed by atoms with Gasteiger partial charge in [-0.05, 0) is 6.42 Å². The zero-order chi connectivity index (χ0) is 13.7. The minimum Gasteiger partial charge on any atom is -0.379 e. The Balaban J connectivity index is 1.71. The van der Waals surface area contributed by atoms with Crippen LogP contribution in [0.3, 0.4) is 0 Å². The topological polar surface area (TPSA) is 54.3 Å². The summed E-state index contributed by atoms with van der Waals surface area (Å²) in [6.07, 6.45) is 1.49. The lowest BCUT2D eigenvalue weighted by atomic mass is 10.3. The first-order chi connectivity index (χ1) is 9.20. The van der Waals surface area contributed by atoms with E-state index in [2.05, 4.69) is 0 Å². The van der Waals surface area contributed by atoms with Crippen LogP contribution in [0.4, 0.5) is 0 Å². The summed E-state index contributed by atoms with van der Waals surface area (Å²) in [7, 11) is 1.71. The standard InChI is InChI=1S/C13H23N3O3/c1-19-10-9-14-5-7-15(8-6-14)13(18)11-16-4-2-3-12(16)17/h2-11H2,1H3/p+1. The molecule has 2 fully saturated rings. The lowest BCUT2D eigenvalue weighted by Crippen LogP contribution is -3.15. The Bertz CT molecular complexity index is 327. The lowest BCUT2D eigenvalue weighted by Gasteiger charge is -2.33. The number of amides is 2. The van der Waals surface area contributed by atoms with Crippen LogP contribution in [0.2, 0.25) is 0 Å². The number of hydrogen-bond donors (Lipinski definition) is 1. The molecular formula is C13H24N3O3+. The fourth-order valence-corrected chi connectivity index (χ4v) is 2.70. The SMILES string of the molecule is COCC[NH+]1CCN(C(=O)CN2CCCC2=O)CC1. The number of ether oxygens (including phenoxy) is 1. The van der Waals surface area contributed by atoms with E-state index in [9.17, 15) is 9.59 Å². The van der Waals surface area contributed by atoms with Crippen molar-refractivity contribution < 1.29 is 19.2 Å². The highest BCUT2D eigenvalue weighted by molar-refractivity contribution is 5.85. The van der Waals surface area contributed by atoms with Crippen molar-refractivity contribution in [2.24, 2.45) is 0 Å². The molecule has 6 heteroatoms. The van der Waals surface area contributed by atoms with Gasteiger partial charge in [0.25, 0.3) is 0 Å². The number of nitrogens with zero attached hydrogens (tertiary/aromatic N) is 2. The molecule has 0 aromatic rings. The average Bonchev–Trinajstić information content (AvgIpc) is 2.82. The van der Waals surface area contributed by atoms with Gasteiger partial charge in [0.1, 0.15) is 6.54 Å². The fourth-order valence-electron chi connectivity index (χ4n) is 2.70. The molecular weight excluding hydrogens is 246 g/mol. The van der Waals surface area contributed by atoms with Crippen LogP contribution >= 0.6 is 0 Å². The smallest absolute Gasteiger partial charge is 0.242 e. The van der Waals surface area contributed by atoms with Crippen molar-refractivity contribution in [2.45, 2.75) is 12.8 Å². The molecule has 1 N–H and O–H groups in total. The van der Waals surface area contributed by atoms with Crippen LogP contribution in [0, 0.1) is 0 Å². The number of nitrogens with one attached hydrogen (secondary N) is 1. The first-order valence-electron chi connectivity index (χ1n) is 7.09. The van der Waals surface area contributed by atoms with Crippen LogP contribution in [0.1, 0.15) is 12.8 Å². The quantitative estimate of drug-likeness (QED) is 0.628. The number of rotatable bonds is 5. The van der Waals surface area contributed by atoms with Gasteiger partial charge in [0.15, 0.2) is 0 Å². The van der Waals surface area contributed by atoms with Crippen molar-refractivity contribution >= 4 is 11.8 Å². The molecule has 0 aliphatic carbocycles. The zero-order valence-corrected chi connectivity index (χ0v) is 11.7. The Morgan fingerprint density at radius 1 is 1.32 bits per heavy atom. The first kappa shape index (κ1) is 14.3. The fraction of sp³-hybridized carbons (Fsp3) is 0.846. The van der Waals surface area contributed by atoms with Crippen LogP contribution in [-0.4, -0.2) is 81.1 Å². The molecule has 108 valence electrons. The first-order valence-corrected chi connectivity index (χ1v) is 7.09. The van der Waals surface area contributed by atoms with E-state index < -0.39 is 0 Å². The molecule has 2 aliphatic rings. The highest BCUT2D eigenvalue weighted by Gasteiger charge is 2.27. The van der Waals surface area contributed by atoms with Crippen molar-refractivity contribution in [1.29, 1.82) is 0 Å². The van der Waals surface area contributed by atoms with E-state index in [1.165, 1.54) is 4.90 Å². The van der Waals surface area contributed by atoms with E-state index in [1.807, 2.05) is 4.90 Å². The largest absolute Gasteiger partial charge is 0.379 e. The molecule has 0 unspecified atom stereocenters. The molecule has 2 heterocycles. The van der Waals surface area contributed by atoms with Gasteiger partial charge in [-0.15, -0.1) is 0 Å². The van der Waals surface area contributed by atoms with E-state index >= 15 is 0 Å². The van der Waals surface area contributed by atoms with Crippen molar-refractivity contribution in [3.8, 4) is 0 Å². The third kappa shape index (κ3) is 3.91. The van der Waals surface area contributed by atoms with Gasteiger partial charge in [0, 0.05) is 20.1 Å². The van der Waals surface area contributed by atoms with Crippen LogP contribution in [0.5, 0.6) is 0 Å². The summed E-state index contributed by atoms with van der Waals surface area (Å²) in [5.74, 6) is 0.221. The minimum absolute atomic E-state index is 0.0982. The van der Waals surface area contributed by atoms with Crippen molar-refractivity contribution in [3.63, 3.8) is 0 Å². The number of quaternary nitrogens is 1. The van der Waals surface area contributed by atoms with Crippen molar-refractivity contribution in [2.75, 3.05) is 59.5 Å². The number of hydrogen-bond acceptors (Lipinski definition) is 3. The minimum atomic E-state index is 0.0982. The predicted molar refractivity (Wildman–Crippen MR) is 69.8 cm³/mol. The third-order valence-corrected chi connectivity index (χ3v) is 3.98. The number of likely N-dealkylation sites (tertiary alicyclic amines) is 1. The molecule has 0 saturated carbocycles. The normalized spacial score (nSPS) is 21.2. The summed E-state index contributed by atoms with van der Waals surface area (Å²) in [5.41, 5.74) is 0. The molecule has 0 radical (unpaired) electrons. The van der Waals surface area contributed by atoms with Gasteiger partial charge in [-0.25, -0.2) is 0 Å². The second-order valence-electron chi connectivity index (χ2n) is 5.29. The number of carbonyl (C=O) groups is 2. The molecule has 0 atom stereocenters. The van der Waals surface area contributed by atoms with Gasteiger partial charge in [-0.3, -0.25) is 9.59 Å². The summed E-state index contributed by atoms with van der Waals surface area (Å²) in [4.78, 5) is 28.7. The van der Waals surface area contributed by atoms with Gasteiger partial charge in [-0.1, -0.05) is 0 Å². The van der Waals surface area contributed by atoms with Crippen molar-refractivity contribution in [3.05, 3.63) is 0 Å². The molecule has 0 aromatic carbocycles. The second kappa shape index (κ2) is 6.86. The molecule has 2 saturated heterocycles. The van der Waals surface area contributed by atoms with Gasteiger partial charge in [0.2, 0.25) is 11.8 Å². The lowest BCUT2D eigenvalue weighted by molar-refractivity contribution is -0.904. The maximum absolute atomic E-state index is 12.1. The van der Waals surface area contributed by atoms with Crippen LogP contribution in [-0.2, 0) is 14.3 Å². The van der Waals surface area contributed by atoms with Gasteiger partial charge in [-0.2, -0.15) is 0 Å². The zero-order valence-electron chi connectivity index (χ0n) is 11.7. The second-order valence-corrected chi connectivity index (χ2v) is 5.29.